The van der Waals surface area contributed by atoms with Crippen LogP contribution in [0.5, 0.6) is 5.88 Å². The second kappa shape index (κ2) is 5.11. The molecule has 1 heterocycles. The van der Waals surface area contributed by atoms with Crippen LogP contribution in [0.25, 0.3) is 10.9 Å². The number of H-pyrrole nitrogens is 1. The molecule has 0 aliphatic rings. The van der Waals surface area contributed by atoms with Crippen molar-refractivity contribution in [3.63, 3.8) is 0 Å². The van der Waals surface area contributed by atoms with Crippen molar-refractivity contribution in [1.82, 2.24) is 4.98 Å². The number of aliphatic imine (C=N–C) groups is 1. The van der Waals surface area contributed by atoms with Crippen molar-refractivity contribution in [1.29, 1.82) is 0 Å². The van der Waals surface area contributed by atoms with E-state index in [1.807, 2.05) is 44.2 Å². The van der Waals surface area contributed by atoms with Crippen LogP contribution in [0.4, 0.5) is 17.1 Å². The summed E-state index contributed by atoms with van der Waals surface area (Å²) in [5, 5.41) is 11.0. The Morgan fingerprint density at radius 2 is 1.91 bits per heavy atom. The van der Waals surface area contributed by atoms with E-state index in [-0.39, 0.29) is 5.88 Å². The highest BCUT2D eigenvalue weighted by Gasteiger charge is 2.14. The van der Waals surface area contributed by atoms with Gasteiger partial charge in [-0.2, -0.15) is 0 Å². The Balaban J connectivity index is 2.13. The average Bonchev–Trinajstić information content (AvgIpc) is 2.78. The zero-order valence-electron chi connectivity index (χ0n) is 12.5. The minimum Gasteiger partial charge on any atom is -0.494 e. The van der Waals surface area contributed by atoms with Gasteiger partial charge in [0.2, 0.25) is 0 Å². The van der Waals surface area contributed by atoms with Crippen molar-refractivity contribution in [3.05, 3.63) is 47.5 Å². The summed E-state index contributed by atoms with van der Waals surface area (Å²) in [7, 11) is 0. The highest BCUT2D eigenvalue weighted by molar-refractivity contribution is 6.13. The second-order valence-electron chi connectivity index (χ2n) is 5.39. The first-order valence-electron chi connectivity index (χ1n) is 6.97. The smallest absolute Gasteiger partial charge is 0.198 e. The Bertz CT molecular complexity index is 893. The van der Waals surface area contributed by atoms with Gasteiger partial charge in [0.25, 0.3) is 0 Å². The van der Waals surface area contributed by atoms with Crippen LogP contribution in [0.3, 0.4) is 0 Å². The first kappa shape index (κ1) is 14.0. The van der Waals surface area contributed by atoms with E-state index in [0.717, 1.165) is 22.2 Å². The van der Waals surface area contributed by atoms with E-state index in [9.17, 15) is 5.11 Å². The third-order valence-electron chi connectivity index (χ3n) is 3.72. The molecule has 6 N–H and O–H groups in total. The predicted octanol–water partition coefficient (Wildman–Crippen LogP) is 3.49. The van der Waals surface area contributed by atoms with Gasteiger partial charge in [-0.1, -0.05) is 6.07 Å². The fourth-order valence-electron chi connectivity index (χ4n) is 2.51. The summed E-state index contributed by atoms with van der Waals surface area (Å²) in [5.74, 6) is 0.0851. The minimum atomic E-state index is 0.0851. The van der Waals surface area contributed by atoms with E-state index in [0.29, 0.717) is 22.6 Å². The summed E-state index contributed by atoms with van der Waals surface area (Å²) >= 11 is 0. The first-order valence-corrected chi connectivity index (χ1v) is 6.97. The summed E-state index contributed by atoms with van der Waals surface area (Å²) in [6, 6.07) is 11.1. The van der Waals surface area contributed by atoms with Gasteiger partial charge >= 0.3 is 0 Å². The molecule has 0 aliphatic carbocycles. The van der Waals surface area contributed by atoms with Crippen LogP contribution < -0.4 is 11.5 Å². The molecule has 0 bridgehead atoms. The van der Waals surface area contributed by atoms with Gasteiger partial charge in [0.15, 0.2) is 5.88 Å². The molecule has 0 atom stereocenters. The molecule has 112 valence electrons. The fraction of sp³-hybridized carbons (Fsp3) is 0.118. The van der Waals surface area contributed by atoms with Gasteiger partial charge in [-0.05, 0) is 49.7 Å². The summed E-state index contributed by atoms with van der Waals surface area (Å²) in [4.78, 5) is 7.50. The monoisotopic (exact) mass is 294 g/mol. The lowest BCUT2D eigenvalue weighted by atomic mass is 10.1. The SMILES string of the molecule is CC(=Nc1ccc(C)c(N)c1)c1c(O)[nH]c2ccc(N)cc12. The second-order valence-corrected chi connectivity index (χ2v) is 5.39. The number of nitrogens with one attached hydrogen (secondary N) is 1. The Labute approximate surface area is 128 Å². The van der Waals surface area contributed by atoms with Crippen LogP contribution >= 0.6 is 0 Å². The summed E-state index contributed by atoms with van der Waals surface area (Å²) in [5.41, 5.74) is 17.0. The largest absolute Gasteiger partial charge is 0.494 e. The van der Waals surface area contributed by atoms with Crippen LogP contribution in [0.2, 0.25) is 0 Å². The molecular weight excluding hydrogens is 276 g/mol. The van der Waals surface area contributed by atoms with Crippen molar-refractivity contribution in [2.75, 3.05) is 11.5 Å². The number of aromatic hydroxyl groups is 1. The molecule has 5 heteroatoms. The van der Waals surface area contributed by atoms with E-state index in [4.69, 9.17) is 11.5 Å². The molecule has 0 radical (unpaired) electrons. The number of rotatable bonds is 2. The van der Waals surface area contributed by atoms with Gasteiger partial charge in [0, 0.05) is 22.3 Å². The normalized spacial score (nSPS) is 12.0. The Morgan fingerprint density at radius 3 is 2.64 bits per heavy atom. The Hall–Kier alpha value is -2.95. The van der Waals surface area contributed by atoms with Crippen LogP contribution in [0, 0.1) is 6.92 Å². The molecule has 3 rings (SSSR count). The lowest BCUT2D eigenvalue weighted by molar-refractivity contribution is 0.457. The summed E-state index contributed by atoms with van der Waals surface area (Å²) in [6.45, 7) is 3.80. The molecule has 3 aromatic rings. The third-order valence-corrected chi connectivity index (χ3v) is 3.72. The lowest BCUT2D eigenvalue weighted by Crippen LogP contribution is -1.94. The fourth-order valence-corrected chi connectivity index (χ4v) is 2.51. The molecule has 0 saturated heterocycles. The Kier molecular flexibility index (Phi) is 3.25. The van der Waals surface area contributed by atoms with E-state index in [2.05, 4.69) is 9.98 Å². The van der Waals surface area contributed by atoms with E-state index < -0.39 is 0 Å². The number of nitrogens with zero attached hydrogens (tertiary/aromatic N) is 1. The number of nitrogen functional groups attached to an aromatic ring is 2. The molecule has 2 aromatic carbocycles. The van der Waals surface area contributed by atoms with Gasteiger partial charge in [0.05, 0.1) is 17.0 Å². The maximum Gasteiger partial charge on any atom is 0.198 e. The molecule has 0 aliphatic heterocycles. The molecular formula is C17H18N4O. The molecule has 5 nitrogen and oxygen atoms in total. The van der Waals surface area contributed by atoms with Crippen molar-refractivity contribution < 1.29 is 5.11 Å². The van der Waals surface area contributed by atoms with E-state index >= 15 is 0 Å². The molecule has 0 fully saturated rings. The third kappa shape index (κ3) is 2.37. The predicted molar refractivity (Wildman–Crippen MR) is 91.8 cm³/mol. The number of aromatic amines is 1. The molecule has 0 amide bonds. The van der Waals surface area contributed by atoms with Crippen LogP contribution in [-0.4, -0.2) is 15.8 Å². The Morgan fingerprint density at radius 1 is 1.14 bits per heavy atom. The zero-order valence-corrected chi connectivity index (χ0v) is 12.5. The lowest BCUT2D eigenvalue weighted by Gasteiger charge is -2.04. The van der Waals surface area contributed by atoms with Gasteiger partial charge in [-0.15, -0.1) is 0 Å². The van der Waals surface area contributed by atoms with Crippen molar-refractivity contribution in [2.24, 2.45) is 4.99 Å². The number of aromatic nitrogens is 1. The molecule has 0 spiro atoms. The maximum absolute atomic E-state index is 10.2. The standard InChI is InChI=1S/C17H18N4O/c1-9-3-5-12(8-14(9)19)20-10(2)16-13-7-11(18)4-6-15(13)21-17(16)22/h3-8,21-22H,18-19H2,1-2H3. The first-order chi connectivity index (χ1) is 10.5. The van der Waals surface area contributed by atoms with Gasteiger partial charge < -0.3 is 21.6 Å². The number of hydrogen-bond acceptors (Lipinski definition) is 4. The number of anilines is 2. The van der Waals surface area contributed by atoms with Crippen molar-refractivity contribution >= 4 is 33.7 Å². The van der Waals surface area contributed by atoms with Crippen molar-refractivity contribution in [3.8, 4) is 5.88 Å². The zero-order chi connectivity index (χ0) is 15.9. The quantitative estimate of drug-likeness (QED) is 0.430. The molecule has 0 unspecified atom stereocenters. The van der Waals surface area contributed by atoms with Gasteiger partial charge in [0.1, 0.15) is 0 Å². The number of benzene rings is 2. The topological polar surface area (TPSA) is 100 Å². The number of hydrogen-bond donors (Lipinski definition) is 4. The maximum atomic E-state index is 10.2. The van der Waals surface area contributed by atoms with Crippen LogP contribution in [-0.2, 0) is 0 Å². The average molecular weight is 294 g/mol. The van der Waals surface area contributed by atoms with E-state index in [1.54, 1.807) is 6.07 Å². The summed E-state index contributed by atoms with van der Waals surface area (Å²) < 4.78 is 0. The molecule has 0 saturated carbocycles. The highest BCUT2D eigenvalue weighted by Crippen LogP contribution is 2.30. The molecule has 1 aromatic heterocycles. The summed E-state index contributed by atoms with van der Waals surface area (Å²) in [6.07, 6.45) is 0. The van der Waals surface area contributed by atoms with Crippen molar-refractivity contribution in [2.45, 2.75) is 13.8 Å². The van der Waals surface area contributed by atoms with Crippen LogP contribution in [0.15, 0.2) is 41.4 Å². The number of aryl methyl sites for hydroxylation is 1. The number of nitrogens with two attached hydrogens (primary N) is 2. The number of fused-ring (bicyclic) bond motifs is 1. The van der Waals surface area contributed by atoms with Crippen LogP contribution in [0.1, 0.15) is 18.1 Å². The van der Waals surface area contributed by atoms with E-state index in [1.165, 1.54) is 0 Å². The molecule has 22 heavy (non-hydrogen) atoms. The highest BCUT2D eigenvalue weighted by atomic mass is 16.3. The van der Waals surface area contributed by atoms with Gasteiger partial charge in [-0.3, -0.25) is 4.99 Å². The minimum absolute atomic E-state index is 0.0851. The van der Waals surface area contributed by atoms with Gasteiger partial charge in [-0.25, -0.2) is 0 Å².